The number of likely N-dealkylation sites (N-methyl/N-ethyl adjacent to an activating group) is 1. The lowest BCUT2D eigenvalue weighted by Crippen LogP contribution is -2.28. The van der Waals surface area contributed by atoms with Crippen LogP contribution in [0.3, 0.4) is 0 Å². The van der Waals surface area contributed by atoms with Gasteiger partial charge in [0.05, 0.1) is 6.10 Å². The summed E-state index contributed by atoms with van der Waals surface area (Å²) < 4.78 is 5.34. The van der Waals surface area contributed by atoms with E-state index in [1.807, 2.05) is 13.0 Å². The zero-order chi connectivity index (χ0) is 12.0. The van der Waals surface area contributed by atoms with Crippen LogP contribution in [0, 0.1) is 0 Å². The number of aliphatic hydroxyl groups excluding tert-OH is 1. The Labute approximate surface area is 95.2 Å². The van der Waals surface area contributed by atoms with Crippen LogP contribution in [-0.4, -0.2) is 24.2 Å². The van der Waals surface area contributed by atoms with E-state index >= 15 is 0 Å². The van der Waals surface area contributed by atoms with E-state index in [1.165, 1.54) is 0 Å². The first kappa shape index (κ1) is 12.5. The van der Waals surface area contributed by atoms with Gasteiger partial charge in [-0.15, -0.1) is 0 Å². The molecule has 0 unspecified atom stereocenters. The number of carbonyl (C=O) groups is 1. The minimum atomic E-state index is -0.606. The Hall–Kier alpha value is -1.55. The van der Waals surface area contributed by atoms with E-state index in [0.717, 1.165) is 0 Å². The predicted molar refractivity (Wildman–Crippen MR) is 61.3 cm³/mol. The van der Waals surface area contributed by atoms with Gasteiger partial charge in [-0.3, -0.25) is 4.79 Å². The molecule has 0 radical (unpaired) electrons. The van der Waals surface area contributed by atoms with Crippen molar-refractivity contribution in [1.82, 2.24) is 5.32 Å². The van der Waals surface area contributed by atoms with Gasteiger partial charge < -0.3 is 15.2 Å². The molecule has 0 aliphatic carbocycles. The number of hydrogen-bond acceptors (Lipinski definition) is 3. The van der Waals surface area contributed by atoms with Crippen LogP contribution in [0.15, 0.2) is 24.3 Å². The summed E-state index contributed by atoms with van der Waals surface area (Å²) in [7, 11) is 0. The Morgan fingerprint density at radius 2 is 2.19 bits per heavy atom. The van der Waals surface area contributed by atoms with Crippen LogP contribution in [0.4, 0.5) is 0 Å². The van der Waals surface area contributed by atoms with Gasteiger partial charge >= 0.3 is 0 Å². The molecule has 0 heterocycles. The van der Waals surface area contributed by atoms with E-state index in [9.17, 15) is 9.90 Å². The Bertz CT molecular complexity index is 350. The molecule has 0 saturated carbocycles. The minimum absolute atomic E-state index is 0.0302. The van der Waals surface area contributed by atoms with Crippen LogP contribution in [0.2, 0.25) is 0 Å². The van der Waals surface area contributed by atoms with Crippen LogP contribution in [0.1, 0.15) is 25.5 Å². The monoisotopic (exact) mass is 223 g/mol. The second-order valence-electron chi connectivity index (χ2n) is 3.46. The Morgan fingerprint density at radius 1 is 1.50 bits per heavy atom. The molecule has 0 saturated heterocycles. The molecule has 1 aromatic carbocycles. The third-order valence-corrected chi connectivity index (χ3v) is 2.10. The largest absolute Gasteiger partial charge is 0.483 e. The number of ether oxygens (including phenoxy) is 1. The van der Waals surface area contributed by atoms with Crippen molar-refractivity contribution >= 4 is 5.91 Å². The Kier molecular flexibility index (Phi) is 4.79. The second kappa shape index (κ2) is 6.12. The lowest BCUT2D eigenvalue weighted by molar-refractivity contribution is -0.123. The molecule has 1 aromatic rings. The maximum Gasteiger partial charge on any atom is 0.257 e. The van der Waals surface area contributed by atoms with Crippen molar-refractivity contribution in [2.45, 2.75) is 20.0 Å². The quantitative estimate of drug-likeness (QED) is 0.790. The lowest BCUT2D eigenvalue weighted by Gasteiger charge is -2.12. The first-order valence-electron chi connectivity index (χ1n) is 5.31. The molecule has 0 aliphatic heterocycles. The number of nitrogens with one attached hydrogen (secondary N) is 1. The Morgan fingerprint density at radius 3 is 2.81 bits per heavy atom. The number of benzene rings is 1. The van der Waals surface area contributed by atoms with Gasteiger partial charge in [0.25, 0.3) is 5.91 Å². The molecule has 0 aliphatic rings. The van der Waals surface area contributed by atoms with Crippen molar-refractivity contribution in [2.24, 2.45) is 0 Å². The molecule has 1 amide bonds. The van der Waals surface area contributed by atoms with Crippen molar-refractivity contribution in [2.75, 3.05) is 13.2 Å². The fraction of sp³-hybridized carbons (Fsp3) is 0.417. The van der Waals surface area contributed by atoms with Gasteiger partial charge in [-0.25, -0.2) is 0 Å². The molecule has 0 aromatic heterocycles. The second-order valence-corrected chi connectivity index (χ2v) is 3.46. The molecule has 1 rings (SSSR count). The predicted octanol–water partition coefficient (Wildman–Crippen LogP) is 1.25. The summed E-state index contributed by atoms with van der Waals surface area (Å²) in [5.41, 5.74) is 0.687. The lowest BCUT2D eigenvalue weighted by atomic mass is 10.1. The molecule has 1 atom stereocenters. The van der Waals surface area contributed by atoms with Gasteiger partial charge in [0, 0.05) is 12.1 Å². The summed E-state index contributed by atoms with van der Waals surface area (Å²) in [6, 6.07) is 7.14. The average Bonchev–Trinajstić information content (AvgIpc) is 2.27. The summed E-state index contributed by atoms with van der Waals surface area (Å²) in [5.74, 6) is 0.381. The number of carbonyl (C=O) groups excluding carboxylic acids is 1. The topological polar surface area (TPSA) is 58.6 Å². The molecule has 4 nitrogen and oxygen atoms in total. The summed E-state index contributed by atoms with van der Waals surface area (Å²) in [5, 5.41) is 12.1. The summed E-state index contributed by atoms with van der Waals surface area (Å²) in [4.78, 5) is 11.2. The summed E-state index contributed by atoms with van der Waals surface area (Å²) in [6.45, 7) is 4.06. The molecular formula is C12H17NO3. The van der Waals surface area contributed by atoms with Crippen LogP contribution in [0.5, 0.6) is 5.75 Å². The number of rotatable bonds is 5. The van der Waals surface area contributed by atoms with E-state index in [1.54, 1.807) is 25.1 Å². The fourth-order valence-corrected chi connectivity index (χ4v) is 1.35. The molecule has 0 bridgehead atoms. The van der Waals surface area contributed by atoms with Crippen LogP contribution < -0.4 is 10.1 Å². The molecule has 2 N–H and O–H groups in total. The van der Waals surface area contributed by atoms with Crippen molar-refractivity contribution in [3.8, 4) is 5.75 Å². The van der Waals surface area contributed by atoms with Gasteiger partial charge in [-0.2, -0.15) is 0 Å². The maximum atomic E-state index is 11.2. The van der Waals surface area contributed by atoms with E-state index in [2.05, 4.69) is 5.32 Å². The fourth-order valence-electron chi connectivity index (χ4n) is 1.35. The highest BCUT2D eigenvalue weighted by molar-refractivity contribution is 5.77. The highest BCUT2D eigenvalue weighted by Crippen LogP contribution is 2.24. The van der Waals surface area contributed by atoms with Gasteiger partial charge in [-0.05, 0) is 19.9 Å². The van der Waals surface area contributed by atoms with Crippen LogP contribution in [0.25, 0.3) is 0 Å². The van der Waals surface area contributed by atoms with Gasteiger partial charge in [0.1, 0.15) is 5.75 Å². The third-order valence-electron chi connectivity index (χ3n) is 2.10. The molecule has 4 heteroatoms. The zero-order valence-corrected chi connectivity index (χ0v) is 9.56. The smallest absolute Gasteiger partial charge is 0.257 e. The highest BCUT2D eigenvalue weighted by Gasteiger charge is 2.09. The van der Waals surface area contributed by atoms with Crippen molar-refractivity contribution in [1.29, 1.82) is 0 Å². The SMILES string of the molecule is CCNC(=O)COc1ccccc1[C@H](C)O. The van der Waals surface area contributed by atoms with E-state index < -0.39 is 6.10 Å². The van der Waals surface area contributed by atoms with Crippen LogP contribution >= 0.6 is 0 Å². The summed E-state index contributed by atoms with van der Waals surface area (Å²) >= 11 is 0. The molecule has 0 spiro atoms. The molecule has 16 heavy (non-hydrogen) atoms. The van der Waals surface area contributed by atoms with Crippen LogP contribution in [-0.2, 0) is 4.79 Å². The molecular weight excluding hydrogens is 206 g/mol. The molecule has 88 valence electrons. The van der Waals surface area contributed by atoms with Crippen molar-refractivity contribution < 1.29 is 14.6 Å². The van der Waals surface area contributed by atoms with E-state index in [-0.39, 0.29) is 12.5 Å². The molecule has 0 fully saturated rings. The van der Waals surface area contributed by atoms with E-state index in [4.69, 9.17) is 4.74 Å². The summed E-state index contributed by atoms with van der Waals surface area (Å²) in [6.07, 6.45) is -0.606. The average molecular weight is 223 g/mol. The normalized spacial score (nSPS) is 11.9. The number of hydrogen-bond donors (Lipinski definition) is 2. The maximum absolute atomic E-state index is 11.2. The Balaban J connectivity index is 2.63. The van der Waals surface area contributed by atoms with Crippen molar-refractivity contribution in [3.63, 3.8) is 0 Å². The number of aliphatic hydroxyl groups is 1. The van der Waals surface area contributed by atoms with Gasteiger partial charge in [-0.1, -0.05) is 18.2 Å². The third kappa shape index (κ3) is 3.55. The van der Waals surface area contributed by atoms with Crippen molar-refractivity contribution in [3.05, 3.63) is 29.8 Å². The first-order valence-corrected chi connectivity index (χ1v) is 5.31. The zero-order valence-electron chi connectivity index (χ0n) is 9.56. The number of amides is 1. The standard InChI is InChI=1S/C12H17NO3/c1-3-13-12(15)8-16-11-7-5-4-6-10(11)9(2)14/h4-7,9,14H,3,8H2,1-2H3,(H,13,15)/t9-/m0/s1. The minimum Gasteiger partial charge on any atom is -0.483 e. The number of para-hydroxylation sites is 1. The first-order chi connectivity index (χ1) is 7.65. The van der Waals surface area contributed by atoms with Gasteiger partial charge in [0.2, 0.25) is 0 Å². The highest BCUT2D eigenvalue weighted by atomic mass is 16.5. The van der Waals surface area contributed by atoms with E-state index in [0.29, 0.717) is 17.9 Å². The van der Waals surface area contributed by atoms with Gasteiger partial charge in [0.15, 0.2) is 6.61 Å².